The minimum absolute atomic E-state index is 0.00306. The Morgan fingerprint density at radius 1 is 1.11 bits per heavy atom. The van der Waals surface area contributed by atoms with Gasteiger partial charge in [-0.25, -0.2) is 4.79 Å². The van der Waals surface area contributed by atoms with E-state index in [0.717, 1.165) is 5.56 Å². The van der Waals surface area contributed by atoms with Crippen molar-refractivity contribution >= 4 is 11.8 Å². The van der Waals surface area contributed by atoms with Crippen molar-refractivity contribution < 1.29 is 28.8 Å². The zero-order valence-corrected chi connectivity index (χ0v) is 16.7. The smallest absolute Gasteiger partial charge is 0.410 e. The van der Waals surface area contributed by atoms with E-state index in [1.807, 2.05) is 32.9 Å². The summed E-state index contributed by atoms with van der Waals surface area (Å²) in [4.78, 5) is 13.6. The van der Waals surface area contributed by atoms with Crippen LogP contribution in [0.1, 0.15) is 26.3 Å². The highest BCUT2D eigenvalue weighted by molar-refractivity contribution is 5.68. The third kappa shape index (κ3) is 9.46. The summed E-state index contributed by atoms with van der Waals surface area (Å²) in [6.45, 7) is 7.60. The molecule has 1 rings (SSSR count). The summed E-state index contributed by atoms with van der Waals surface area (Å²) in [6, 6.07) is 5.42. The second kappa shape index (κ2) is 11.6. The van der Waals surface area contributed by atoms with Crippen LogP contribution in [0.3, 0.4) is 0 Å². The SMILES string of the molecule is CN(Cc1cccc(N)c1OCCOCCOCCO)C(=O)OC(C)(C)C. The summed E-state index contributed by atoms with van der Waals surface area (Å²) >= 11 is 0. The molecule has 0 aromatic heterocycles. The molecule has 1 amide bonds. The largest absolute Gasteiger partial charge is 0.489 e. The number of carbonyl (C=O) groups excluding carboxylic acids is 1. The quantitative estimate of drug-likeness (QED) is 0.444. The second-order valence-corrected chi connectivity index (χ2v) is 6.97. The maximum absolute atomic E-state index is 12.2. The summed E-state index contributed by atoms with van der Waals surface area (Å²) in [6.07, 6.45) is -0.415. The number of nitrogen functional groups attached to an aromatic ring is 1. The van der Waals surface area contributed by atoms with Crippen LogP contribution < -0.4 is 10.5 Å². The van der Waals surface area contributed by atoms with Gasteiger partial charge in [0.05, 0.1) is 45.3 Å². The van der Waals surface area contributed by atoms with Crippen LogP contribution in [0.5, 0.6) is 5.75 Å². The Bertz CT molecular complexity index is 574. The first kappa shape index (κ1) is 23.0. The first-order valence-corrected chi connectivity index (χ1v) is 8.95. The van der Waals surface area contributed by atoms with Crippen molar-refractivity contribution in [1.82, 2.24) is 4.90 Å². The Kier molecular flexibility index (Phi) is 9.92. The van der Waals surface area contributed by atoms with Gasteiger partial charge in [0.1, 0.15) is 18.0 Å². The number of benzene rings is 1. The number of nitrogens with two attached hydrogens (primary N) is 1. The van der Waals surface area contributed by atoms with Crippen LogP contribution in [0, 0.1) is 0 Å². The lowest BCUT2D eigenvalue weighted by Crippen LogP contribution is -2.34. The van der Waals surface area contributed by atoms with Gasteiger partial charge in [-0.2, -0.15) is 0 Å². The third-order valence-electron chi connectivity index (χ3n) is 3.32. The highest BCUT2D eigenvalue weighted by Crippen LogP contribution is 2.27. The molecular weight excluding hydrogens is 352 g/mol. The number of hydrogen-bond donors (Lipinski definition) is 2. The number of aliphatic hydroxyl groups excluding tert-OH is 1. The lowest BCUT2D eigenvalue weighted by molar-refractivity contribution is 0.0241. The fourth-order valence-corrected chi connectivity index (χ4v) is 2.15. The molecule has 3 N–H and O–H groups in total. The number of ether oxygens (including phenoxy) is 4. The lowest BCUT2D eigenvalue weighted by atomic mass is 10.1. The van der Waals surface area contributed by atoms with Gasteiger partial charge in [-0.3, -0.25) is 0 Å². The normalized spacial score (nSPS) is 11.3. The Morgan fingerprint density at radius 2 is 1.74 bits per heavy atom. The number of aliphatic hydroxyl groups is 1. The van der Waals surface area contributed by atoms with E-state index in [0.29, 0.717) is 51.0 Å². The van der Waals surface area contributed by atoms with Crippen molar-refractivity contribution in [3.05, 3.63) is 23.8 Å². The summed E-state index contributed by atoms with van der Waals surface area (Å²) < 4.78 is 21.6. The van der Waals surface area contributed by atoms with Crippen LogP contribution in [0.2, 0.25) is 0 Å². The highest BCUT2D eigenvalue weighted by Gasteiger charge is 2.21. The third-order valence-corrected chi connectivity index (χ3v) is 3.32. The molecule has 0 unspecified atom stereocenters. The zero-order valence-electron chi connectivity index (χ0n) is 16.7. The first-order chi connectivity index (χ1) is 12.7. The molecule has 0 aliphatic heterocycles. The summed E-state index contributed by atoms with van der Waals surface area (Å²) in [5, 5.41) is 8.61. The van der Waals surface area contributed by atoms with Gasteiger partial charge in [-0.1, -0.05) is 12.1 Å². The van der Waals surface area contributed by atoms with Gasteiger partial charge in [-0.15, -0.1) is 0 Å². The Labute approximate surface area is 161 Å². The summed E-state index contributed by atoms with van der Waals surface area (Å²) in [7, 11) is 1.66. The van der Waals surface area contributed by atoms with Crippen LogP contribution in [0.25, 0.3) is 0 Å². The standard InChI is InChI=1S/C19H32N2O6/c1-19(2,3)27-18(23)21(4)14-15-6-5-7-16(20)17(15)26-13-12-25-11-10-24-9-8-22/h5-7,22H,8-14,20H2,1-4H3. The fraction of sp³-hybridized carbons (Fsp3) is 0.632. The molecule has 0 fully saturated rings. The molecule has 1 aromatic carbocycles. The average Bonchev–Trinajstić information content (AvgIpc) is 2.57. The molecule has 0 saturated heterocycles. The number of rotatable bonds is 11. The molecule has 1 aromatic rings. The highest BCUT2D eigenvalue weighted by atomic mass is 16.6. The van der Waals surface area contributed by atoms with Crippen molar-refractivity contribution in [3.8, 4) is 5.75 Å². The van der Waals surface area contributed by atoms with Gasteiger partial charge in [0, 0.05) is 12.6 Å². The zero-order chi connectivity index (χ0) is 20.3. The van der Waals surface area contributed by atoms with E-state index in [1.54, 1.807) is 13.1 Å². The Balaban J connectivity index is 2.53. The number of amides is 1. The first-order valence-electron chi connectivity index (χ1n) is 8.95. The van der Waals surface area contributed by atoms with Crippen LogP contribution in [-0.4, -0.2) is 68.4 Å². The Morgan fingerprint density at radius 3 is 2.37 bits per heavy atom. The van der Waals surface area contributed by atoms with Gasteiger partial charge in [-0.05, 0) is 26.8 Å². The van der Waals surface area contributed by atoms with E-state index in [2.05, 4.69) is 0 Å². The number of carbonyl (C=O) groups is 1. The molecule has 0 bridgehead atoms. The maximum atomic E-state index is 12.2. The minimum Gasteiger partial charge on any atom is -0.489 e. The number of hydrogen-bond acceptors (Lipinski definition) is 7. The van der Waals surface area contributed by atoms with Gasteiger partial charge >= 0.3 is 6.09 Å². The summed E-state index contributed by atoms with van der Waals surface area (Å²) in [5.41, 5.74) is 6.75. The van der Waals surface area contributed by atoms with E-state index in [9.17, 15) is 4.79 Å². The monoisotopic (exact) mass is 384 g/mol. The average molecular weight is 384 g/mol. The lowest BCUT2D eigenvalue weighted by Gasteiger charge is -2.25. The number of anilines is 1. The molecule has 0 aliphatic rings. The van der Waals surface area contributed by atoms with Gasteiger partial charge < -0.3 is 34.7 Å². The molecule has 8 nitrogen and oxygen atoms in total. The molecule has 0 aliphatic carbocycles. The molecule has 0 spiro atoms. The van der Waals surface area contributed by atoms with Gasteiger partial charge in [0.2, 0.25) is 0 Å². The van der Waals surface area contributed by atoms with E-state index in [4.69, 9.17) is 29.8 Å². The van der Waals surface area contributed by atoms with Crippen molar-refractivity contribution in [2.75, 3.05) is 52.4 Å². The molecule has 0 saturated carbocycles. The predicted molar refractivity (Wildman–Crippen MR) is 103 cm³/mol. The predicted octanol–water partition coefficient (Wildman–Crippen LogP) is 2.04. The van der Waals surface area contributed by atoms with E-state index >= 15 is 0 Å². The molecule has 27 heavy (non-hydrogen) atoms. The second-order valence-electron chi connectivity index (χ2n) is 6.97. The van der Waals surface area contributed by atoms with Crippen LogP contribution in [-0.2, 0) is 20.8 Å². The van der Waals surface area contributed by atoms with Crippen molar-refractivity contribution in [1.29, 1.82) is 0 Å². The van der Waals surface area contributed by atoms with Gasteiger partial charge in [0.15, 0.2) is 0 Å². The molecule has 0 radical (unpaired) electrons. The van der Waals surface area contributed by atoms with E-state index in [1.165, 1.54) is 4.90 Å². The molecular formula is C19H32N2O6. The maximum Gasteiger partial charge on any atom is 0.410 e. The number of para-hydroxylation sites is 1. The van der Waals surface area contributed by atoms with Gasteiger partial charge in [0.25, 0.3) is 0 Å². The molecule has 8 heteroatoms. The Hall–Kier alpha value is -2.03. The number of nitrogens with zero attached hydrogens (tertiary/aromatic N) is 1. The minimum atomic E-state index is -0.557. The van der Waals surface area contributed by atoms with Crippen molar-refractivity contribution in [2.45, 2.75) is 32.9 Å². The topological polar surface area (TPSA) is 103 Å². The van der Waals surface area contributed by atoms with Crippen LogP contribution in [0.15, 0.2) is 18.2 Å². The van der Waals surface area contributed by atoms with Crippen molar-refractivity contribution in [3.63, 3.8) is 0 Å². The summed E-state index contributed by atoms with van der Waals surface area (Å²) in [5.74, 6) is 0.535. The van der Waals surface area contributed by atoms with Crippen molar-refractivity contribution in [2.24, 2.45) is 0 Å². The molecule has 0 heterocycles. The van der Waals surface area contributed by atoms with Crippen LogP contribution in [0.4, 0.5) is 10.5 Å². The van der Waals surface area contributed by atoms with Crippen LogP contribution >= 0.6 is 0 Å². The molecule has 154 valence electrons. The van der Waals surface area contributed by atoms with E-state index in [-0.39, 0.29) is 6.61 Å². The molecule has 0 atom stereocenters. The van der Waals surface area contributed by atoms with E-state index < -0.39 is 11.7 Å². The fourth-order valence-electron chi connectivity index (χ4n) is 2.15.